The summed E-state index contributed by atoms with van der Waals surface area (Å²) in [6.45, 7) is 0.714. The first-order valence-corrected chi connectivity index (χ1v) is 10.7. The second-order valence-corrected chi connectivity index (χ2v) is 8.36. The van der Waals surface area contributed by atoms with Crippen LogP contribution >= 0.6 is 11.3 Å². The van der Waals surface area contributed by atoms with Gasteiger partial charge < -0.3 is 9.64 Å². The predicted octanol–water partition coefficient (Wildman–Crippen LogP) is 4.41. The molecule has 2 heterocycles. The van der Waals surface area contributed by atoms with Crippen LogP contribution in [0.1, 0.15) is 28.8 Å². The molecule has 8 nitrogen and oxygen atoms in total. The second kappa shape index (κ2) is 8.77. The zero-order valence-electron chi connectivity index (χ0n) is 16.9. The first kappa shape index (κ1) is 22.6. The molecule has 0 radical (unpaired) electrons. The fourth-order valence-corrected chi connectivity index (χ4v) is 4.65. The van der Waals surface area contributed by atoms with Gasteiger partial charge in [0.15, 0.2) is 5.13 Å². The van der Waals surface area contributed by atoms with Crippen LogP contribution in [0, 0.1) is 10.1 Å². The molecule has 172 valence electrons. The van der Waals surface area contributed by atoms with Crippen molar-refractivity contribution in [1.82, 2.24) is 4.98 Å². The van der Waals surface area contributed by atoms with E-state index in [1.165, 1.54) is 0 Å². The quantitative estimate of drug-likeness (QED) is 0.310. The summed E-state index contributed by atoms with van der Waals surface area (Å²) in [6.07, 6.45) is -4.31. The van der Waals surface area contributed by atoms with Crippen LogP contribution in [0.25, 0.3) is 10.1 Å². The van der Waals surface area contributed by atoms with Gasteiger partial charge >= 0.3 is 12.1 Å². The van der Waals surface area contributed by atoms with E-state index in [1.807, 2.05) is 0 Å². The molecule has 0 atom stereocenters. The summed E-state index contributed by atoms with van der Waals surface area (Å²) in [7, 11) is 0. The number of alkyl halides is 3. The minimum Gasteiger partial charge on any atom is -0.459 e. The Labute approximate surface area is 188 Å². The standard InChI is InChI=1S/C21H16F3N3O5S/c22-21(23,24)13-10-15-17(16(11-13)27(30)31)33-20(25-18(15)28)26-8-6-14(7-9-26)32-19(29)12-4-2-1-3-5-12/h1-5,10-11,14H,6-9H2. The first-order chi connectivity index (χ1) is 15.6. The van der Waals surface area contributed by atoms with E-state index in [-0.39, 0.29) is 15.9 Å². The molecule has 4 rings (SSSR count). The molecule has 0 aliphatic carbocycles. The van der Waals surface area contributed by atoms with E-state index < -0.39 is 39.3 Å². The smallest absolute Gasteiger partial charge is 0.416 e. The molecule has 0 saturated carbocycles. The fourth-order valence-electron chi connectivity index (χ4n) is 3.53. The lowest BCUT2D eigenvalue weighted by Crippen LogP contribution is -2.38. The number of carbonyl (C=O) groups is 1. The van der Waals surface area contributed by atoms with Crippen molar-refractivity contribution in [2.75, 3.05) is 18.0 Å². The van der Waals surface area contributed by atoms with E-state index >= 15 is 0 Å². The molecule has 0 spiro atoms. The van der Waals surface area contributed by atoms with Crippen LogP contribution in [-0.4, -0.2) is 35.1 Å². The van der Waals surface area contributed by atoms with Crippen LogP contribution in [0.15, 0.2) is 47.3 Å². The molecular weight excluding hydrogens is 463 g/mol. The molecule has 1 aliphatic rings. The fraction of sp³-hybridized carbons (Fsp3) is 0.286. The highest BCUT2D eigenvalue weighted by atomic mass is 32.1. The summed E-state index contributed by atoms with van der Waals surface area (Å²) in [6, 6.07) is 9.54. The number of halogens is 3. The summed E-state index contributed by atoms with van der Waals surface area (Å²) in [5.74, 6) is -0.446. The van der Waals surface area contributed by atoms with Gasteiger partial charge in [0.1, 0.15) is 10.8 Å². The molecule has 1 fully saturated rings. The molecule has 0 unspecified atom stereocenters. The van der Waals surface area contributed by atoms with Crippen molar-refractivity contribution >= 4 is 38.2 Å². The number of fused-ring (bicyclic) bond motifs is 1. The lowest BCUT2D eigenvalue weighted by atomic mass is 10.1. The normalized spacial score (nSPS) is 14.9. The van der Waals surface area contributed by atoms with Crippen molar-refractivity contribution in [3.05, 3.63) is 74.1 Å². The molecule has 3 aromatic rings. The number of nitro benzene ring substituents is 1. The Bertz CT molecular complexity index is 1270. The van der Waals surface area contributed by atoms with Crippen molar-refractivity contribution in [3.63, 3.8) is 0 Å². The summed E-state index contributed by atoms with van der Waals surface area (Å²) < 4.78 is 44.7. The number of esters is 1. The molecule has 0 N–H and O–H groups in total. The zero-order valence-corrected chi connectivity index (χ0v) is 17.7. The van der Waals surface area contributed by atoms with Gasteiger partial charge in [-0.05, 0) is 18.2 Å². The average Bonchev–Trinajstić information content (AvgIpc) is 2.78. The Hall–Kier alpha value is -3.54. The highest BCUT2D eigenvalue weighted by Gasteiger charge is 2.34. The number of rotatable bonds is 4. The number of hydrogen-bond acceptors (Lipinski definition) is 8. The molecule has 1 aliphatic heterocycles. The third kappa shape index (κ3) is 4.80. The van der Waals surface area contributed by atoms with Crippen molar-refractivity contribution in [2.24, 2.45) is 0 Å². The molecule has 0 amide bonds. The molecule has 33 heavy (non-hydrogen) atoms. The number of non-ortho nitro benzene ring substituents is 1. The number of nitro groups is 1. The summed E-state index contributed by atoms with van der Waals surface area (Å²) in [5, 5.41) is 11.1. The van der Waals surface area contributed by atoms with E-state index in [4.69, 9.17) is 4.74 Å². The summed E-state index contributed by atoms with van der Waals surface area (Å²) in [4.78, 5) is 40.8. The Balaban J connectivity index is 1.56. The van der Waals surface area contributed by atoms with Crippen LogP contribution in [0.4, 0.5) is 24.0 Å². The number of nitrogens with zero attached hydrogens (tertiary/aromatic N) is 3. The maximum atomic E-state index is 13.1. The molecular formula is C21H16F3N3O5S. The van der Waals surface area contributed by atoms with Crippen LogP contribution in [-0.2, 0) is 10.9 Å². The Morgan fingerprint density at radius 3 is 2.45 bits per heavy atom. The second-order valence-electron chi connectivity index (χ2n) is 7.39. The minimum atomic E-state index is -4.84. The van der Waals surface area contributed by atoms with Crippen molar-refractivity contribution in [3.8, 4) is 0 Å². The van der Waals surface area contributed by atoms with Crippen LogP contribution in [0.5, 0.6) is 0 Å². The number of hydrogen-bond donors (Lipinski definition) is 0. The van der Waals surface area contributed by atoms with Crippen LogP contribution in [0.3, 0.4) is 0 Å². The number of piperidine rings is 1. The van der Waals surface area contributed by atoms with Gasteiger partial charge in [0, 0.05) is 32.0 Å². The highest BCUT2D eigenvalue weighted by molar-refractivity contribution is 7.22. The van der Waals surface area contributed by atoms with Crippen LogP contribution in [0.2, 0.25) is 0 Å². The minimum absolute atomic E-state index is 0.166. The van der Waals surface area contributed by atoms with Crippen molar-refractivity contribution < 1.29 is 27.6 Å². The predicted molar refractivity (Wildman–Crippen MR) is 115 cm³/mol. The molecule has 1 aromatic heterocycles. The van der Waals surface area contributed by atoms with E-state index in [2.05, 4.69) is 4.98 Å². The van der Waals surface area contributed by atoms with Gasteiger partial charge in [-0.15, -0.1) is 0 Å². The Morgan fingerprint density at radius 2 is 1.85 bits per heavy atom. The van der Waals surface area contributed by atoms with E-state index in [0.717, 1.165) is 11.3 Å². The van der Waals surface area contributed by atoms with Crippen molar-refractivity contribution in [1.29, 1.82) is 0 Å². The van der Waals surface area contributed by atoms with Gasteiger partial charge in [-0.2, -0.15) is 18.2 Å². The van der Waals surface area contributed by atoms with Gasteiger partial charge in [0.2, 0.25) is 0 Å². The number of ether oxygens (including phenoxy) is 1. The van der Waals surface area contributed by atoms with E-state index in [9.17, 15) is 32.9 Å². The Morgan fingerprint density at radius 1 is 1.18 bits per heavy atom. The van der Waals surface area contributed by atoms with Crippen LogP contribution < -0.4 is 10.5 Å². The Kier molecular flexibility index (Phi) is 6.02. The SMILES string of the molecule is O=C(OC1CCN(c2nc(=O)c3cc(C(F)(F)F)cc([N+](=O)[O-])c3s2)CC1)c1ccccc1. The number of carbonyl (C=O) groups excluding carboxylic acids is 1. The number of aromatic nitrogens is 1. The zero-order chi connectivity index (χ0) is 23.8. The maximum Gasteiger partial charge on any atom is 0.416 e. The van der Waals surface area contributed by atoms with Crippen molar-refractivity contribution in [2.45, 2.75) is 25.1 Å². The number of anilines is 1. The van der Waals surface area contributed by atoms with Gasteiger partial charge in [-0.3, -0.25) is 14.9 Å². The highest BCUT2D eigenvalue weighted by Crippen LogP contribution is 2.38. The monoisotopic (exact) mass is 479 g/mol. The third-order valence-corrected chi connectivity index (χ3v) is 6.38. The molecule has 12 heteroatoms. The summed E-state index contributed by atoms with van der Waals surface area (Å²) in [5.41, 5.74) is -2.61. The van der Waals surface area contributed by atoms with Gasteiger partial charge in [-0.25, -0.2) is 4.79 Å². The maximum absolute atomic E-state index is 13.1. The van der Waals surface area contributed by atoms with Gasteiger partial charge in [0.05, 0.1) is 21.4 Å². The largest absolute Gasteiger partial charge is 0.459 e. The number of benzene rings is 2. The molecule has 0 bridgehead atoms. The topological polar surface area (TPSA) is 103 Å². The van der Waals surface area contributed by atoms with Gasteiger partial charge in [-0.1, -0.05) is 29.5 Å². The lowest BCUT2D eigenvalue weighted by molar-refractivity contribution is -0.383. The third-order valence-electron chi connectivity index (χ3n) is 5.21. The van der Waals surface area contributed by atoms with Gasteiger partial charge in [0.25, 0.3) is 11.2 Å². The average molecular weight is 479 g/mol. The molecule has 1 saturated heterocycles. The first-order valence-electron chi connectivity index (χ1n) is 9.85. The lowest BCUT2D eigenvalue weighted by Gasteiger charge is -2.31. The van der Waals surface area contributed by atoms with E-state index in [0.29, 0.717) is 43.6 Å². The van der Waals surface area contributed by atoms with E-state index in [1.54, 1.807) is 35.2 Å². The summed E-state index contributed by atoms with van der Waals surface area (Å²) >= 11 is 0.792. The molecule has 2 aromatic carbocycles.